The number of nitrogens with zero attached hydrogens (tertiary/aromatic N) is 3. The number of fused-ring (bicyclic) bond motifs is 3. The Morgan fingerprint density at radius 2 is 2.13 bits per heavy atom. The fraction of sp³-hybridized carbons (Fsp3) is 0.438. The SMILES string of the molecule is Cc1nc(CSc2nc3sc4c(c3c(=O)n2C)CCCC4)cs1. The average molecular weight is 364 g/mol. The van der Waals surface area contributed by atoms with E-state index in [1.165, 1.54) is 23.3 Å². The number of thiophene rings is 1. The lowest BCUT2D eigenvalue weighted by Crippen LogP contribution is -2.20. The van der Waals surface area contributed by atoms with Crippen molar-refractivity contribution in [1.82, 2.24) is 14.5 Å². The second kappa shape index (κ2) is 6.03. The average Bonchev–Trinajstić information content (AvgIpc) is 3.12. The number of aromatic nitrogens is 3. The Morgan fingerprint density at radius 3 is 2.91 bits per heavy atom. The van der Waals surface area contributed by atoms with Gasteiger partial charge in [-0.3, -0.25) is 9.36 Å². The molecule has 0 fully saturated rings. The van der Waals surface area contributed by atoms with Crippen LogP contribution in [0.3, 0.4) is 0 Å². The van der Waals surface area contributed by atoms with Crippen molar-refractivity contribution in [3.63, 3.8) is 0 Å². The van der Waals surface area contributed by atoms with E-state index in [1.807, 2.05) is 14.0 Å². The minimum atomic E-state index is 0.103. The maximum atomic E-state index is 12.8. The molecule has 7 heteroatoms. The zero-order valence-corrected chi connectivity index (χ0v) is 15.5. The summed E-state index contributed by atoms with van der Waals surface area (Å²) in [5.74, 6) is 0.751. The minimum Gasteiger partial charge on any atom is -0.290 e. The van der Waals surface area contributed by atoms with Crippen molar-refractivity contribution in [3.05, 3.63) is 36.9 Å². The van der Waals surface area contributed by atoms with Crippen LogP contribution in [0.25, 0.3) is 10.2 Å². The van der Waals surface area contributed by atoms with Crippen molar-refractivity contribution in [3.8, 4) is 0 Å². The quantitative estimate of drug-likeness (QED) is 0.522. The van der Waals surface area contributed by atoms with Crippen LogP contribution in [0.15, 0.2) is 15.3 Å². The van der Waals surface area contributed by atoms with Crippen molar-refractivity contribution in [2.75, 3.05) is 0 Å². The number of aryl methyl sites for hydroxylation is 3. The van der Waals surface area contributed by atoms with Gasteiger partial charge in [0.05, 0.1) is 16.1 Å². The van der Waals surface area contributed by atoms with E-state index >= 15 is 0 Å². The van der Waals surface area contributed by atoms with Crippen LogP contribution in [0.4, 0.5) is 0 Å². The smallest absolute Gasteiger partial charge is 0.262 e. The van der Waals surface area contributed by atoms with Gasteiger partial charge in [-0.2, -0.15) is 0 Å². The van der Waals surface area contributed by atoms with Crippen LogP contribution < -0.4 is 5.56 Å². The Kier molecular flexibility index (Phi) is 4.03. The van der Waals surface area contributed by atoms with Crippen LogP contribution in [0, 0.1) is 6.92 Å². The van der Waals surface area contributed by atoms with Gasteiger partial charge in [0.1, 0.15) is 4.83 Å². The summed E-state index contributed by atoms with van der Waals surface area (Å²) in [5, 5.41) is 4.79. The summed E-state index contributed by atoms with van der Waals surface area (Å²) >= 11 is 4.96. The van der Waals surface area contributed by atoms with Crippen LogP contribution in [-0.4, -0.2) is 14.5 Å². The first-order valence-corrected chi connectivity index (χ1v) is 10.4. The molecule has 1 aliphatic rings. The van der Waals surface area contributed by atoms with Crippen molar-refractivity contribution in [2.24, 2.45) is 7.05 Å². The fourth-order valence-corrected chi connectivity index (χ4v) is 5.89. The van der Waals surface area contributed by atoms with E-state index in [0.29, 0.717) is 0 Å². The normalized spacial score (nSPS) is 14.3. The number of thioether (sulfide) groups is 1. The first-order valence-electron chi connectivity index (χ1n) is 7.68. The second-order valence-corrected chi connectivity index (χ2v) is 8.88. The third kappa shape index (κ3) is 2.75. The van der Waals surface area contributed by atoms with Gasteiger partial charge in [-0.25, -0.2) is 9.97 Å². The maximum Gasteiger partial charge on any atom is 0.262 e. The van der Waals surface area contributed by atoms with Crippen LogP contribution in [0.1, 0.15) is 34.0 Å². The molecule has 120 valence electrons. The van der Waals surface area contributed by atoms with E-state index < -0.39 is 0 Å². The predicted molar refractivity (Wildman–Crippen MR) is 97.9 cm³/mol. The minimum absolute atomic E-state index is 0.103. The highest BCUT2D eigenvalue weighted by atomic mass is 32.2. The highest BCUT2D eigenvalue weighted by Crippen LogP contribution is 2.34. The summed E-state index contributed by atoms with van der Waals surface area (Å²) in [4.78, 5) is 24.3. The molecule has 0 N–H and O–H groups in total. The Hall–Kier alpha value is -1.18. The lowest BCUT2D eigenvalue weighted by atomic mass is 9.97. The van der Waals surface area contributed by atoms with Gasteiger partial charge in [0.2, 0.25) is 0 Å². The highest BCUT2D eigenvalue weighted by molar-refractivity contribution is 7.98. The second-order valence-electron chi connectivity index (χ2n) is 5.80. The van der Waals surface area contributed by atoms with Gasteiger partial charge >= 0.3 is 0 Å². The van der Waals surface area contributed by atoms with Gasteiger partial charge in [0, 0.05) is 23.1 Å². The van der Waals surface area contributed by atoms with Crippen molar-refractivity contribution in [2.45, 2.75) is 43.5 Å². The van der Waals surface area contributed by atoms with Gasteiger partial charge in [-0.15, -0.1) is 22.7 Å². The molecule has 3 heterocycles. The molecule has 0 atom stereocenters. The molecule has 0 saturated heterocycles. The zero-order chi connectivity index (χ0) is 16.0. The van der Waals surface area contributed by atoms with Gasteiger partial charge in [0.25, 0.3) is 5.56 Å². The molecule has 0 aliphatic heterocycles. The third-order valence-electron chi connectivity index (χ3n) is 4.17. The molecule has 23 heavy (non-hydrogen) atoms. The Balaban J connectivity index is 1.73. The molecule has 4 nitrogen and oxygen atoms in total. The molecule has 1 aliphatic carbocycles. The monoisotopic (exact) mass is 363 g/mol. The Labute approximate surface area is 146 Å². The van der Waals surface area contributed by atoms with Crippen molar-refractivity contribution >= 4 is 44.7 Å². The first kappa shape index (κ1) is 15.4. The lowest BCUT2D eigenvalue weighted by molar-refractivity contribution is 0.695. The van der Waals surface area contributed by atoms with E-state index in [-0.39, 0.29) is 5.56 Å². The number of thiazole rings is 1. The summed E-state index contributed by atoms with van der Waals surface area (Å²) in [5.41, 5.74) is 2.42. The van der Waals surface area contributed by atoms with Crippen LogP contribution in [0.2, 0.25) is 0 Å². The standard InChI is InChI=1S/C16H17N3OS3/c1-9-17-10(7-21-9)8-22-16-18-14-13(15(20)19(16)2)11-5-3-4-6-12(11)23-14/h7H,3-6,8H2,1-2H3. The third-order valence-corrected chi connectivity index (χ3v) is 7.24. The summed E-state index contributed by atoms with van der Waals surface area (Å²) in [6.07, 6.45) is 4.53. The molecule has 0 aromatic carbocycles. The Morgan fingerprint density at radius 1 is 1.30 bits per heavy atom. The van der Waals surface area contributed by atoms with E-state index in [9.17, 15) is 4.79 Å². The molecule has 0 amide bonds. The van der Waals surface area contributed by atoms with Crippen molar-refractivity contribution < 1.29 is 0 Å². The maximum absolute atomic E-state index is 12.8. The van der Waals surface area contributed by atoms with E-state index in [1.54, 1.807) is 39.0 Å². The molecule has 0 radical (unpaired) electrons. The number of hydrogen-bond acceptors (Lipinski definition) is 6. The number of hydrogen-bond donors (Lipinski definition) is 0. The number of rotatable bonds is 3. The molecular formula is C16H17N3OS3. The largest absolute Gasteiger partial charge is 0.290 e. The molecule has 3 aromatic heterocycles. The van der Waals surface area contributed by atoms with Crippen molar-refractivity contribution in [1.29, 1.82) is 0 Å². The van der Waals surface area contributed by atoms with Crippen LogP contribution in [-0.2, 0) is 25.6 Å². The zero-order valence-electron chi connectivity index (χ0n) is 13.1. The van der Waals surface area contributed by atoms with E-state index in [0.717, 1.165) is 44.7 Å². The summed E-state index contributed by atoms with van der Waals surface area (Å²) in [6, 6.07) is 0. The van der Waals surface area contributed by atoms with Gasteiger partial charge in [0.15, 0.2) is 5.16 Å². The molecule has 0 spiro atoms. The molecule has 4 rings (SSSR count). The van der Waals surface area contributed by atoms with E-state index in [4.69, 9.17) is 4.98 Å². The fourth-order valence-electron chi connectivity index (χ4n) is 3.01. The first-order chi connectivity index (χ1) is 11.1. The summed E-state index contributed by atoms with van der Waals surface area (Å²) in [6.45, 7) is 2.01. The van der Waals surface area contributed by atoms with Gasteiger partial charge < -0.3 is 0 Å². The molecular weight excluding hydrogens is 346 g/mol. The molecule has 0 bridgehead atoms. The topological polar surface area (TPSA) is 47.8 Å². The Bertz CT molecular complexity index is 938. The van der Waals surface area contributed by atoms with Gasteiger partial charge in [-0.05, 0) is 38.2 Å². The van der Waals surface area contributed by atoms with Gasteiger partial charge in [-0.1, -0.05) is 11.8 Å². The highest BCUT2D eigenvalue weighted by Gasteiger charge is 2.21. The van der Waals surface area contributed by atoms with Crippen LogP contribution >= 0.6 is 34.4 Å². The molecule has 0 unspecified atom stereocenters. The van der Waals surface area contributed by atoms with E-state index in [2.05, 4.69) is 10.4 Å². The van der Waals surface area contributed by atoms with Crippen LogP contribution in [0.5, 0.6) is 0 Å². The molecule has 0 saturated carbocycles. The summed E-state index contributed by atoms with van der Waals surface area (Å²) in [7, 11) is 1.83. The summed E-state index contributed by atoms with van der Waals surface area (Å²) < 4.78 is 1.70. The molecule has 3 aromatic rings. The predicted octanol–water partition coefficient (Wildman–Crippen LogP) is 3.93. The lowest BCUT2D eigenvalue weighted by Gasteiger charge is -2.10.